The van der Waals surface area contributed by atoms with Crippen LogP contribution in [0.15, 0.2) is 24.3 Å². The molecule has 1 unspecified atom stereocenters. The summed E-state index contributed by atoms with van der Waals surface area (Å²) in [4.78, 5) is 10.8. The minimum absolute atomic E-state index is 0.341. The quantitative estimate of drug-likeness (QED) is 0.812. The summed E-state index contributed by atoms with van der Waals surface area (Å²) in [5, 5.41) is 12.2. The van der Waals surface area contributed by atoms with Crippen LogP contribution in [0, 0.1) is 5.92 Å². The molecule has 0 saturated carbocycles. The lowest BCUT2D eigenvalue weighted by molar-refractivity contribution is 0.0696. The molecule has 1 aromatic carbocycles. The average Bonchev–Trinajstić information content (AvgIpc) is 2.82. The molecule has 0 radical (unpaired) electrons. The number of hydrogen-bond acceptors (Lipinski definition) is 3. The summed E-state index contributed by atoms with van der Waals surface area (Å²) in [6, 6.07) is 7.03. The summed E-state index contributed by atoms with van der Waals surface area (Å²) in [5.41, 5.74) is 1.34. The standard InChI is InChI=1S/C13H17NO3/c15-13(16)12-3-1-2-10(6-12)7-14-8-11-4-5-17-9-11/h1-3,6,11,14H,4-5,7-9H2,(H,15,16). The first-order chi connectivity index (χ1) is 8.25. The summed E-state index contributed by atoms with van der Waals surface area (Å²) >= 11 is 0. The van der Waals surface area contributed by atoms with E-state index in [2.05, 4.69) is 5.32 Å². The largest absolute Gasteiger partial charge is 0.478 e. The maximum absolute atomic E-state index is 10.8. The van der Waals surface area contributed by atoms with Gasteiger partial charge in [0.1, 0.15) is 0 Å². The van der Waals surface area contributed by atoms with Gasteiger partial charge in [0.05, 0.1) is 12.2 Å². The van der Waals surface area contributed by atoms with E-state index in [-0.39, 0.29) is 0 Å². The van der Waals surface area contributed by atoms with E-state index < -0.39 is 5.97 Å². The van der Waals surface area contributed by atoms with E-state index in [9.17, 15) is 4.79 Å². The first-order valence-corrected chi connectivity index (χ1v) is 5.86. The van der Waals surface area contributed by atoms with Crippen molar-refractivity contribution in [2.24, 2.45) is 5.92 Å². The molecule has 1 aliphatic rings. The van der Waals surface area contributed by atoms with Crippen molar-refractivity contribution in [3.63, 3.8) is 0 Å². The fraction of sp³-hybridized carbons (Fsp3) is 0.462. The van der Waals surface area contributed by atoms with Crippen LogP contribution in [-0.4, -0.2) is 30.8 Å². The molecule has 0 spiro atoms. The van der Waals surface area contributed by atoms with Crippen molar-refractivity contribution in [1.82, 2.24) is 5.32 Å². The number of ether oxygens (including phenoxy) is 1. The van der Waals surface area contributed by atoms with Crippen LogP contribution in [0.2, 0.25) is 0 Å². The highest BCUT2D eigenvalue weighted by Crippen LogP contribution is 2.11. The Bertz CT molecular complexity index is 386. The van der Waals surface area contributed by atoms with E-state index in [4.69, 9.17) is 9.84 Å². The Morgan fingerprint density at radius 1 is 1.53 bits per heavy atom. The van der Waals surface area contributed by atoms with E-state index in [0.29, 0.717) is 18.0 Å². The van der Waals surface area contributed by atoms with Gasteiger partial charge >= 0.3 is 5.97 Å². The molecule has 17 heavy (non-hydrogen) atoms. The molecule has 2 N–H and O–H groups in total. The molecule has 0 aliphatic carbocycles. The van der Waals surface area contributed by atoms with Gasteiger partial charge in [-0.15, -0.1) is 0 Å². The summed E-state index contributed by atoms with van der Waals surface area (Å²) < 4.78 is 5.29. The van der Waals surface area contributed by atoms with Crippen LogP contribution in [0.25, 0.3) is 0 Å². The molecular weight excluding hydrogens is 218 g/mol. The summed E-state index contributed by atoms with van der Waals surface area (Å²) in [5.74, 6) is -0.284. The van der Waals surface area contributed by atoms with Crippen molar-refractivity contribution < 1.29 is 14.6 Å². The van der Waals surface area contributed by atoms with Crippen LogP contribution >= 0.6 is 0 Å². The average molecular weight is 235 g/mol. The number of carbonyl (C=O) groups is 1. The number of carboxylic acid groups (broad SMARTS) is 1. The third kappa shape index (κ3) is 3.54. The normalized spacial score (nSPS) is 19.4. The molecule has 0 aromatic heterocycles. The molecule has 4 nitrogen and oxygen atoms in total. The lowest BCUT2D eigenvalue weighted by atomic mass is 10.1. The van der Waals surface area contributed by atoms with Crippen molar-refractivity contribution >= 4 is 5.97 Å². The molecule has 1 heterocycles. The molecular formula is C13H17NO3. The van der Waals surface area contributed by atoms with Gasteiger partial charge in [-0.1, -0.05) is 12.1 Å². The molecule has 1 fully saturated rings. The molecule has 1 atom stereocenters. The van der Waals surface area contributed by atoms with Gasteiger partial charge in [0.15, 0.2) is 0 Å². The maximum atomic E-state index is 10.8. The van der Waals surface area contributed by atoms with Gasteiger partial charge in [-0.3, -0.25) is 0 Å². The molecule has 4 heteroatoms. The zero-order chi connectivity index (χ0) is 12.1. The van der Waals surface area contributed by atoms with Crippen molar-refractivity contribution in [3.05, 3.63) is 35.4 Å². The SMILES string of the molecule is O=C(O)c1cccc(CNCC2CCOC2)c1. The fourth-order valence-corrected chi connectivity index (χ4v) is 1.98. The van der Waals surface area contributed by atoms with Crippen LogP contribution in [0.1, 0.15) is 22.3 Å². The molecule has 92 valence electrons. The molecule has 1 saturated heterocycles. The van der Waals surface area contributed by atoms with E-state index in [1.807, 2.05) is 6.07 Å². The summed E-state index contributed by atoms with van der Waals surface area (Å²) in [6.45, 7) is 3.33. The van der Waals surface area contributed by atoms with Crippen LogP contribution in [0.3, 0.4) is 0 Å². The highest BCUT2D eigenvalue weighted by Gasteiger charge is 2.14. The van der Waals surface area contributed by atoms with Gasteiger partial charge in [-0.2, -0.15) is 0 Å². The molecule has 0 bridgehead atoms. The number of nitrogens with one attached hydrogen (secondary N) is 1. The van der Waals surface area contributed by atoms with E-state index >= 15 is 0 Å². The molecule has 1 aliphatic heterocycles. The zero-order valence-corrected chi connectivity index (χ0v) is 9.69. The lowest BCUT2D eigenvalue weighted by Crippen LogP contribution is -2.22. The summed E-state index contributed by atoms with van der Waals surface area (Å²) in [7, 11) is 0. The van der Waals surface area contributed by atoms with Crippen LogP contribution < -0.4 is 5.32 Å². The Morgan fingerprint density at radius 3 is 3.12 bits per heavy atom. The second kappa shape index (κ2) is 5.80. The van der Waals surface area contributed by atoms with Crippen LogP contribution in [0.4, 0.5) is 0 Å². The Morgan fingerprint density at radius 2 is 2.41 bits per heavy atom. The van der Waals surface area contributed by atoms with Crippen LogP contribution in [0.5, 0.6) is 0 Å². The monoisotopic (exact) mass is 235 g/mol. The predicted octanol–water partition coefficient (Wildman–Crippen LogP) is 1.51. The lowest BCUT2D eigenvalue weighted by Gasteiger charge is -2.09. The smallest absolute Gasteiger partial charge is 0.335 e. The Hall–Kier alpha value is -1.39. The van der Waals surface area contributed by atoms with E-state index in [0.717, 1.165) is 31.7 Å². The third-order valence-corrected chi connectivity index (χ3v) is 2.96. The minimum atomic E-state index is -0.879. The highest BCUT2D eigenvalue weighted by molar-refractivity contribution is 5.87. The Balaban J connectivity index is 1.81. The number of hydrogen-bond donors (Lipinski definition) is 2. The first-order valence-electron chi connectivity index (χ1n) is 5.86. The van der Waals surface area contributed by atoms with Crippen LogP contribution in [-0.2, 0) is 11.3 Å². The first kappa shape index (κ1) is 12.1. The molecule has 1 aromatic rings. The van der Waals surface area contributed by atoms with Crippen molar-refractivity contribution in [2.75, 3.05) is 19.8 Å². The minimum Gasteiger partial charge on any atom is -0.478 e. The number of benzene rings is 1. The van der Waals surface area contributed by atoms with Crippen molar-refractivity contribution in [1.29, 1.82) is 0 Å². The number of rotatable bonds is 5. The van der Waals surface area contributed by atoms with Crippen molar-refractivity contribution in [3.8, 4) is 0 Å². The van der Waals surface area contributed by atoms with E-state index in [1.54, 1.807) is 18.2 Å². The molecule has 2 rings (SSSR count). The second-order valence-corrected chi connectivity index (χ2v) is 4.37. The second-order valence-electron chi connectivity index (χ2n) is 4.37. The number of aromatic carboxylic acids is 1. The topological polar surface area (TPSA) is 58.6 Å². The zero-order valence-electron chi connectivity index (χ0n) is 9.69. The van der Waals surface area contributed by atoms with Gasteiger partial charge in [-0.05, 0) is 30.0 Å². The van der Waals surface area contributed by atoms with Gasteiger partial charge < -0.3 is 15.2 Å². The summed E-state index contributed by atoms with van der Waals surface area (Å²) in [6.07, 6.45) is 1.11. The molecule has 0 amide bonds. The van der Waals surface area contributed by atoms with E-state index in [1.165, 1.54) is 0 Å². The van der Waals surface area contributed by atoms with Gasteiger partial charge in [0.25, 0.3) is 0 Å². The van der Waals surface area contributed by atoms with Crippen molar-refractivity contribution in [2.45, 2.75) is 13.0 Å². The predicted molar refractivity (Wildman–Crippen MR) is 64.0 cm³/mol. The van der Waals surface area contributed by atoms with Gasteiger partial charge in [0, 0.05) is 19.7 Å². The van der Waals surface area contributed by atoms with Gasteiger partial charge in [-0.25, -0.2) is 4.79 Å². The Kier molecular flexibility index (Phi) is 4.12. The highest BCUT2D eigenvalue weighted by atomic mass is 16.5. The number of carboxylic acids is 1. The maximum Gasteiger partial charge on any atom is 0.335 e. The van der Waals surface area contributed by atoms with Gasteiger partial charge in [0.2, 0.25) is 0 Å². The Labute approximate surface area is 101 Å². The third-order valence-electron chi connectivity index (χ3n) is 2.96. The fourth-order valence-electron chi connectivity index (χ4n) is 1.98.